The molecule has 5 heteroatoms. The van der Waals surface area contributed by atoms with Crippen LogP contribution in [0.5, 0.6) is 0 Å². The Morgan fingerprint density at radius 2 is 1.67 bits per heavy atom. The third-order valence-electron chi connectivity index (χ3n) is 4.52. The molecular weight excluding hydrogens is 302 g/mol. The molecule has 132 valence electrons. The van der Waals surface area contributed by atoms with Crippen LogP contribution in [0.4, 0.5) is 4.79 Å². The Morgan fingerprint density at radius 1 is 1.04 bits per heavy atom. The van der Waals surface area contributed by atoms with Gasteiger partial charge in [-0.25, -0.2) is 4.79 Å². The molecule has 1 aromatic rings. The van der Waals surface area contributed by atoms with Crippen LogP contribution in [0.1, 0.15) is 57.4 Å². The second-order valence-corrected chi connectivity index (χ2v) is 6.59. The zero-order chi connectivity index (χ0) is 17.2. The first-order valence-corrected chi connectivity index (χ1v) is 9.04. The number of carbonyl (C=O) groups is 2. The summed E-state index contributed by atoms with van der Waals surface area (Å²) in [7, 11) is 0. The van der Waals surface area contributed by atoms with Crippen LogP contribution in [0.25, 0.3) is 0 Å². The first-order chi connectivity index (χ1) is 11.6. The molecule has 0 aromatic heterocycles. The molecule has 1 saturated carbocycles. The van der Waals surface area contributed by atoms with E-state index in [-0.39, 0.29) is 11.9 Å². The van der Waals surface area contributed by atoms with Crippen molar-refractivity contribution >= 4 is 11.9 Å². The van der Waals surface area contributed by atoms with E-state index in [0.717, 1.165) is 18.4 Å². The molecule has 24 heavy (non-hydrogen) atoms. The number of nitrogens with one attached hydrogen (secondary N) is 3. The van der Waals surface area contributed by atoms with Crippen molar-refractivity contribution in [3.8, 4) is 0 Å². The fourth-order valence-corrected chi connectivity index (χ4v) is 3.09. The van der Waals surface area contributed by atoms with E-state index in [4.69, 9.17) is 0 Å². The first-order valence-electron chi connectivity index (χ1n) is 9.04. The van der Waals surface area contributed by atoms with Crippen molar-refractivity contribution in [1.29, 1.82) is 0 Å². The van der Waals surface area contributed by atoms with E-state index in [1.54, 1.807) is 0 Å². The van der Waals surface area contributed by atoms with Gasteiger partial charge in [-0.3, -0.25) is 10.1 Å². The Bertz CT molecular complexity index is 511. The molecule has 5 nitrogen and oxygen atoms in total. The molecule has 3 N–H and O–H groups in total. The zero-order valence-corrected chi connectivity index (χ0v) is 14.5. The van der Waals surface area contributed by atoms with Crippen LogP contribution in [0.2, 0.25) is 0 Å². The van der Waals surface area contributed by atoms with Gasteiger partial charge in [0.05, 0.1) is 6.04 Å². The maximum absolute atomic E-state index is 12.2. The van der Waals surface area contributed by atoms with E-state index >= 15 is 0 Å². The Kier molecular flexibility index (Phi) is 7.75. The normalized spacial score (nSPS) is 17.4. The van der Waals surface area contributed by atoms with Crippen molar-refractivity contribution in [1.82, 2.24) is 16.0 Å². The number of imide groups is 1. The minimum atomic E-state index is -0.449. The van der Waals surface area contributed by atoms with Gasteiger partial charge in [-0.1, -0.05) is 62.4 Å². The maximum atomic E-state index is 12.2. The molecular formula is C19H29N3O2. The lowest BCUT2D eigenvalue weighted by Crippen LogP contribution is -2.50. The monoisotopic (exact) mass is 331 g/mol. The SMILES string of the molecule is C[C@H](NC1CCCCCCC1)C(=O)NC(=O)NCc1ccccc1. The van der Waals surface area contributed by atoms with E-state index < -0.39 is 6.03 Å². The summed E-state index contributed by atoms with van der Waals surface area (Å²) in [6.45, 7) is 2.23. The standard InChI is InChI=1S/C19H29N3O2/c1-15(21-17-12-8-3-2-4-9-13-17)18(23)22-19(24)20-14-16-10-6-5-7-11-16/h5-7,10-11,15,17,21H,2-4,8-9,12-14H2,1H3,(H2,20,22,23,24)/t15-/m0/s1. The van der Waals surface area contributed by atoms with Gasteiger partial charge < -0.3 is 10.6 Å². The number of rotatable bonds is 5. The summed E-state index contributed by atoms with van der Waals surface area (Å²) in [4.78, 5) is 24.0. The molecule has 1 aromatic carbocycles. The Hall–Kier alpha value is -1.88. The average Bonchev–Trinajstić information content (AvgIpc) is 2.56. The Morgan fingerprint density at radius 3 is 2.33 bits per heavy atom. The number of urea groups is 1. The van der Waals surface area contributed by atoms with Gasteiger partial charge in [-0.15, -0.1) is 0 Å². The predicted octanol–water partition coefficient (Wildman–Crippen LogP) is 3.10. The second-order valence-electron chi connectivity index (χ2n) is 6.59. The number of carbonyl (C=O) groups excluding carboxylic acids is 2. The highest BCUT2D eigenvalue weighted by molar-refractivity contribution is 5.96. The van der Waals surface area contributed by atoms with Crippen LogP contribution in [0, 0.1) is 0 Å². The Balaban J connectivity index is 1.70. The molecule has 2 rings (SSSR count). The van der Waals surface area contributed by atoms with Gasteiger partial charge in [-0.05, 0) is 25.3 Å². The molecule has 3 amide bonds. The highest BCUT2D eigenvalue weighted by atomic mass is 16.2. The van der Waals surface area contributed by atoms with Crippen molar-refractivity contribution in [2.24, 2.45) is 0 Å². The van der Waals surface area contributed by atoms with Crippen molar-refractivity contribution < 1.29 is 9.59 Å². The highest BCUT2D eigenvalue weighted by Gasteiger charge is 2.20. The third-order valence-corrected chi connectivity index (χ3v) is 4.52. The number of benzene rings is 1. The molecule has 0 saturated heterocycles. The summed E-state index contributed by atoms with van der Waals surface area (Å²) < 4.78 is 0. The summed E-state index contributed by atoms with van der Waals surface area (Å²) in [5.41, 5.74) is 1.00. The van der Waals surface area contributed by atoms with Crippen molar-refractivity contribution in [2.75, 3.05) is 0 Å². The summed E-state index contributed by atoms with van der Waals surface area (Å²) in [6, 6.07) is 9.19. The smallest absolute Gasteiger partial charge is 0.321 e. The molecule has 0 spiro atoms. The maximum Gasteiger partial charge on any atom is 0.321 e. The third kappa shape index (κ3) is 6.71. The minimum Gasteiger partial charge on any atom is -0.334 e. The van der Waals surface area contributed by atoms with E-state index in [1.807, 2.05) is 37.3 Å². The molecule has 1 aliphatic carbocycles. The largest absolute Gasteiger partial charge is 0.334 e. The molecule has 0 bridgehead atoms. The molecule has 0 radical (unpaired) electrons. The minimum absolute atomic E-state index is 0.275. The molecule has 1 aliphatic rings. The van der Waals surface area contributed by atoms with Gasteiger partial charge in [0.2, 0.25) is 5.91 Å². The fraction of sp³-hybridized carbons (Fsp3) is 0.579. The molecule has 1 atom stereocenters. The van der Waals surface area contributed by atoms with E-state index in [2.05, 4.69) is 16.0 Å². The van der Waals surface area contributed by atoms with Crippen LogP contribution in [-0.4, -0.2) is 24.0 Å². The second kappa shape index (κ2) is 10.1. The van der Waals surface area contributed by atoms with Crippen LogP contribution in [-0.2, 0) is 11.3 Å². The van der Waals surface area contributed by atoms with Gasteiger partial charge >= 0.3 is 6.03 Å². The topological polar surface area (TPSA) is 70.2 Å². The highest BCUT2D eigenvalue weighted by Crippen LogP contribution is 2.17. The molecule has 0 unspecified atom stereocenters. The predicted molar refractivity (Wildman–Crippen MR) is 95.5 cm³/mol. The zero-order valence-electron chi connectivity index (χ0n) is 14.5. The number of hydrogen-bond acceptors (Lipinski definition) is 3. The lowest BCUT2D eigenvalue weighted by Gasteiger charge is -2.24. The summed E-state index contributed by atoms with van der Waals surface area (Å²) in [5.74, 6) is -0.275. The summed E-state index contributed by atoms with van der Waals surface area (Å²) in [5, 5.41) is 8.50. The van der Waals surface area contributed by atoms with Crippen molar-refractivity contribution in [2.45, 2.75) is 70.5 Å². The van der Waals surface area contributed by atoms with E-state index in [1.165, 1.54) is 32.1 Å². The van der Waals surface area contributed by atoms with Crippen LogP contribution >= 0.6 is 0 Å². The lowest BCUT2D eigenvalue weighted by atomic mass is 9.96. The van der Waals surface area contributed by atoms with Crippen molar-refractivity contribution in [3.63, 3.8) is 0 Å². The van der Waals surface area contributed by atoms with Crippen LogP contribution in [0.3, 0.4) is 0 Å². The van der Waals surface area contributed by atoms with Gasteiger partial charge in [0, 0.05) is 12.6 Å². The van der Waals surface area contributed by atoms with Crippen molar-refractivity contribution in [3.05, 3.63) is 35.9 Å². The number of hydrogen-bond donors (Lipinski definition) is 3. The lowest BCUT2D eigenvalue weighted by molar-refractivity contribution is -0.121. The first kappa shape index (κ1) is 18.5. The van der Waals surface area contributed by atoms with E-state index in [9.17, 15) is 9.59 Å². The number of amides is 3. The van der Waals surface area contributed by atoms with Crippen LogP contribution in [0.15, 0.2) is 30.3 Å². The molecule has 0 aliphatic heterocycles. The van der Waals surface area contributed by atoms with Gasteiger partial charge in [-0.2, -0.15) is 0 Å². The van der Waals surface area contributed by atoms with E-state index in [0.29, 0.717) is 12.6 Å². The Labute approximate surface area is 144 Å². The fourth-order valence-electron chi connectivity index (χ4n) is 3.09. The summed E-state index contributed by atoms with van der Waals surface area (Å²) in [6.07, 6.45) is 8.52. The summed E-state index contributed by atoms with van der Waals surface area (Å²) >= 11 is 0. The molecule has 0 heterocycles. The van der Waals surface area contributed by atoms with Gasteiger partial charge in [0.1, 0.15) is 0 Å². The van der Waals surface area contributed by atoms with Gasteiger partial charge in [0.25, 0.3) is 0 Å². The quantitative estimate of drug-likeness (QED) is 0.776. The van der Waals surface area contributed by atoms with Gasteiger partial charge in [0.15, 0.2) is 0 Å². The molecule has 1 fully saturated rings. The van der Waals surface area contributed by atoms with Crippen LogP contribution < -0.4 is 16.0 Å². The average molecular weight is 331 g/mol.